The molecule has 4 atom stereocenters. The molecule has 0 amide bonds. The van der Waals surface area contributed by atoms with Crippen LogP contribution in [0.15, 0.2) is 11.8 Å². The molecule has 1 aliphatic carbocycles. The van der Waals surface area contributed by atoms with Crippen molar-refractivity contribution < 1.29 is 14.3 Å². The summed E-state index contributed by atoms with van der Waals surface area (Å²) in [7, 11) is 0. The van der Waals surface area contributed by atoms with Crippen molar-refractivity contribution in [2.45, 2.75) is 73.7 Å². The third-order valence-corrected chi connectivity index (χ3v) is 7.79. The highest BCUT2D eigenvalue weighted by atomic mass is 79.9. The standard InChI is InChI=1S/C18H26BrCl3O3/c1-11(2)14-8-7-12(3)10-17(14)24-13(9-16(23)25-17)5-4-6-15(19)18(20,21)22/h9,11-12,14-15H,4-8,10H2,1-3H3/t12-,14+,15+,17+/m1/s1. The van der Waals surface area contributed by atoms with E-state index in [1.165, 1.54) is 6.08 Å². The Labute approximate surface area is 173 Å². The predicted molar refractivity (Wildman–Crippen MR) is 106 cm³/mol. The van der Waals surface area contributed by atoms with Crippen LogP contribution in [0.2, 0.25) is 0 Å². The molecular weight excluding hydrogens is 450 g/mol. The molecule has 0 N–H and O–H groups in total. The number of hydrogen-bond donors (Lipinski definition) is 0. The van der Waals surface area contributed by atoms with Crippen molar-refractivity contribution in [3.63, 3.8) is 0 Å². The Morgan fingerprint density at radius 2 is 2.00 bits per heavy atom. The molecule has 1 saturated carbocycles. The third-order valence-electron chi connectivity index (χ3n) is 5.07. The van der Waals surface area contributed by atoms with E-state index in [0.717, 1.165) is 25.7 Å². The summed E-state index contributed by atoms with van der Waals surface area (Å²) in [6, 6.07) is 0. The van der Waals surface area contributed by atoms with E-state index in [1.807, 2.05) is 0 Å². The fourth-order valence-electron chi connectivity index (χ4n) is 3.84. The highest BCUT2D eigenvalue weighted by molar-refractivity contribution is 9.09. The van der Waals surface area contributed by atoms with Gasteiger partial charge in [-0.1, -0.05) is 71.5 Å². The lowest BCUT2D eigenvalue weighted by Crippen LogP contribution is -2.52. The molecule has 1 heterocycles. The minimum absolute atomic E-state index is 0.210. The second kappa shape index (κ2) is 8.58. The molecule has 0 aromatic rings. The van der Waals surface area contributed by atoms with Crippen LogP contribution >= 0.6 is 50.7 Å². The monoisotopic (exact) mass is 474 g/mol. The number of hydrogen-bond acceptors (Lipinski definition) is 3. The molecule has 0 aromatic heterocycles. The van der Waals surface area contributed by atoms with Gasteiger partial charge < -0.3 is 9.47 Å². The molecule has 0 unspecified atom stereocenters. The van der Waals surface area contributed by atoms with Crippen molar-refractivity contribution >= 4 is 56.7 Å². The summed E-state index contributed by atoms with van der Waals surface area (Å²) in [5.74, 6) is 0.615. The first kappa shape index (κ1) is 21.7. The molecule has 0 radical (unpaired) electrons. The van der Waals surface area contributed by atoms with Crippen molar-refractivity contribution in [1.82, 2.24) is 0 Å². The van der Waals surface area contributed by atoms with Crippen LogP contribution in [0, 0.1) is 17.8 Å². The summed E-state index contributed by atoms with van der Waals surface area (Å²) < 4.78 is 10.7. The van der Waals surface area contributed by atoms with E-state index >= 15 is 0 Å². The van der Waals surface area contributed by atoms with Gasteiger partial charge in [0.05, 0.1) is 10.9 Å². The Morgan fingerprint density at radius 1 is 1.32 bits per heavy atom. The second-order valence-corrected chi connectivity index (χ2v) is 11.1. The average molecular weight is 477 g/mol. The molecule has 0 bridgehead atoms. The Morgan fingerprint density at radius 3 is 2.60 bits per heavy atom. The third kappa shape index (κ3) is 5.67. The lowest BCUT2D eigenvalue weighted by Gasteiger charge is -2.48. The summed E-state index contributed by atoms with van der Waals surface area (Å²) >= 11 is 21.0. The zero-order valence-electron chi connectivity index (χ0n) is 14.9. The molecule has 144 valence electrons. The van der Waals surface area contributed by atoms with Gasteiger partial charge in [-0.2, -0.15) is 0 Å². The Kier molecular flexibility index (Phi) is 7.43. The predicted octanol–water partition coefficient (Wildman–Crippen LogP) is 6.54. The highest BCUT2D eigenvalue weighted by Gasteiger charge is 2.51. The summed E-state index contributed by atoms with van der Waals surface area (Å²) in [5.41, 5.74) is 0. The van der Waals surface area contributed by atoms with Crippen molar-refractivity contribution in [2.75, 3.05) is 0 Å². The van der Waals surface area contributed by atoms with E-state index in [2.05, 4.69) is 36.7 Å². The van der Waals surface area contributed by atoms with Crippen molar-refractivity contribution in [2.24, 2.45) is 17.8 Å². The molecule has 3 nitrogen and oxygen atoms in total. The maximum atomic E-state index is 12.2. The van der Waals surface area contributed by atoms with Crippen molar-refractivity contribution in [3.05, 3.63) is 11.8 Å². The molecule has 7 heteroatoms. The Hall–Kier alpha value is 0.360. The lowest BCUT2D eigenvalue weighted by atomic mass is 9.72. The number of carbonyl (C=O) groups is 1. The van der Waals surface area contributed by atoms with Crippen molar-refractivity contribution in [3.8, 4) is 0 Å². The smallest absolute Gasteiger partial charge is 0.337 e. The van der Waals surface area contributed by atoms with Gasteiger partial charge in [-0.15, -0.1) is 0 Å². The first-order chi connectivity index (χ1) is 11.5. The topological polar surface area (TPSA) is 35.5 Å². The molecule has 2 rings (SSSR count). The van der Waals surface area contributed by atoms with Gasteiger partial charge in [0.15, 0.2) is 0 Å². The lowest BCUT2D eigenvalue weighted by molar-refractivity contribution is -0.269. The maximum absolute atomic E-state index is 12.2. The van der Waals surface area contributed by atoms with Crippen molar-refractivity contribution in [1.29, 1.82) is 0 Å². The molecular formula is C18H26BrCl3O3. The summed E-state index contributed by atoms with van der Waals surface area (Å²) in [6.45, 7) is 6.51. The van der Waals surface area contributed by atoms with Crippen LogP contribution in [-0.2, 0) is 14.3 Å². The second-order valence-electron chi connectivity index (χ2n) is 7.58. The molecule has 2 aliphatic rings. The van der Waals surface area contributed by atoms with Gasteiger partial charge in [-0.05, 0) is 37.5 Å². The normalized spacial score (nSPS) is 31.5. The Balaban J connectivity index is 2.05. The highest BCUT2D eigenvalue weighted by Crippen LogP contribution is 2.47. The van der Waals surface area contributed by atoms with Gasteiger partial charge in [0.1, 0.15) is 5.76 Å². The number of carbonyl (C=O) groups excluding carboxylic acids is 1. The number of allylic oxidation sites excluding steroid dienone is 1. The molecule has 1 spiro atoms. The van der Waals surface area contributed by atoms with Crippen LogP contribution in [0.1, 0.15) is 59.3 Å². The van der Waals surface area contributed by atoms with Gasteiger partial charge >= 0.3 is 5.97 Å². The van der Waals surface area contributed by atoms with Gasteiger partial charge in [-0.25, -0.2) is 4.79 Å². The molecule has 0 saturated heterocycles. The van der Waals surface area contributed by atoms with Crippen LogP contribution in [0.25, 0.3) is 0 Å². The fraction of sp³-hybridized carbons (Fsp3) is 0.833. The van der Waals surface area contributed by atoms with Gasteiger partial charge in [-0.3, -0.25) is 0 Å². The van der Waals surface area contributed by atoms with E-state index in [-0.39, 0.29) is 16.7 Å². The SMILES string of the molecule is CC(C)[C@@H]1CC[C@@H](C)C[C@]12OC(=O)C=C(CCC[C@H](Br)C(Cl)(Cl)Cl)O2. The first-order valence-corrected chi connectivity index (χ1v) is 10.9. The largest absolute Gasteiger partial charge is 0.456 e. The van der Waals surface area contributed by atoms with E-state index in [4.69, 9.17) is 44.3 Å². The minimum atomic E-state index is -1.34. The van der Waals surface area contributed by atoms with Crippen LogP contribution < -0.4 is 0 Å². The van der Waals surface area contributed by atoms with Gasteiger partial charge in [0.25, 0.3) is 5.79 Å². The Bertz CT molecular complexity index is 518. The zero-order chi connectivity index (χ0) is 18.8. The van der Waals surface area contributed by atoms with Gasteiger partial charge in [0, 0.05) is 18.8 Å². The van der Waals surface area contributed by atoms with E-state index < -0.39 is 9.58 Å². The van der Waals surface area contributed by atoms with E-state index in [9.17, 15) is 4.79 Å². The van der Waals surface area contributed by atoms with Crippen LogP contribution in [-0.4, -0.2) is 20.4 Å². The summed E-state index contributed by atoms with van der Waals surface area (Å²) in [6.07, 6.45) is 6.40. The number of esters is 1. The van der Waals surface area contributed by atoms with E-state index in [1.54, 1.807) is 0 Å². The van der Waals surface area contributed by atoms with E-state index in [0.29, 0.717) is 30.4 Å². The summed E-state index contributed by atoms with van der Waals surface area (Å²) in [4.78, 5) is 12.0. The molecule has 0 aromatic carbocycles. The number of rotatable bonds is 5. The fourth-order valence-corrected chi connectivity index (χ4v) is 4.50. The first-order valence-electron chi connectivity index (χ1n) is 8.87. The molecule has 25 heavy (non-hydrogen) atoms. The van der Waals surface area contributed by atoms with Crippen LogP contribution in [0.5, 0.6) is 0 Å². The number of alkyl halides is 4. The zero-order valence-corrected chi connectivity index (χ0v) is 18.7. The number of ether oxygens (including phenoxy) is 2. The van der Waals surface area contributed by atoms with Crippen LogP contribution in [0.4, 0.5) is 0 Å². The maximum Gasteiger partial charge on any atom is 0.337 e. The summed E-state index contributed by atoms with van der Waals surface area (Å²) in [5, 5.41) is 0. The minimum Gasteiger partial charge on any atom is -0.456 e. The number of halogens is 4. The van der Waals surface area contributed by atoms with Gasteiger partial charge in [0.2, 0.25) is 3.79 Å². The average Bonchev–Trinajstić information content (AvgIpc) is 2.44. The molecule has 1 fully saturated rings. The van der Waals surface area contributed by atoms with Crippen LogP contribution in [0.3, 0.4) is 0 Å². The molecule has 1 aliphatic heterocycles. The quantitative estimate of drug-likeness (QED) is 0.334.